The lowest BCUT2D eigenvalue weighted by molar-refractivity contribution is -0.151. The monoisotopic (exact) mass is 416 g/mol. The fourth-order valence-electron chi connectivity index (χ4n) is 5.11. The normalized spacial score (nSPS) is 22.0. The quantitative estimate of drug-likeness (QED) is 0.747. The number of piperidine rings is 2. The number of carbonyl (C=O) groups is 2. The summed E-state index contributed by atoms with van der Waals surface area (Å²) in [6.45, 7) is 8.20. The van der Waals surface area contributed by atoms with E-state index in [1.54, 1.807) is 0 Å². The van der Waals surface area contributed by atoms with Crippen LogP contribution < -0.4 is 0 Å². The van der Waals surface area contributed by atoms with E-state index >= 15 is 0 Å². The summed E-state index contributed by atoms with van der Waals surface area (Å²) in [6.07, 6.45) is 5.55. The van der Waals surface area contributed by atoms with Crippen LogP contribution in [0.15, 0.2) is 12.1 Å². The number of hydrogen-bond donors (Lipinski definition) is 1. The molecule has 1 aromatic rings. The van der Waals surface area contributed by atoms with E-state index in [1.165, 1.54) is 7.11 Å². The predicted molar refractivity (Wildman–Crippen MR) is 116 cm³/mol. The minimum Gasteiger partial charge on any atom is -0.507 e. The number of esters is 1. The standard InChI is InChI=1S/C24H36N2O4/c1-16-13-19(14-17(2)22(16)27)15-18(3)23(28)25-11-8-20(9-12-25)26-10-6-5-7-21(26)24(29)30-4/h13-14,18,20-21,27H,5-12,15H2,1-4H3/t18-,21+/m1/s1. The molecule has 0 radical (unpaired) electrons. The van der Waals surface area contributed by atoms with Crippen LogP contribution in [0.25, 0.3) is 0 Å². The number of ether oxygens (including phenoxy) is 1. The van der Waals surface area contributed by atoms with Crippen molar-refractivity contribution in [3.63, 3.8) is 0 Å². The summed E-state index contributed by atoms with van der Waals surface area (Å²) in [7, 11) is 1.47. The number of methoxy groups -OCH3 is 1. The smallest absolute Gasteiger partial charge is 0.323 e. The van der Waals surface area contributed by atoms with E-state index < -0.39 is 0 Å². The van der Waals surface area contributed by atoms with Crippen molar-refractivity contribution >= 4 is 11.9 Å². The number of phenolic OH excluding ortho intramolecular Hbond substituents is 1. The van der Waals surface area contributed by atoms with Gasteiger partial charge in [0, 0.05) is 25.0 Å². The summed E-state index contributed by atoms with van der Waals surface area (Å²) in [4.78, 5) is 29.5. The lowest BCUT2D eigenvalue weighted by Crippen LogP contribution is -2.54. The molecule has 0 saturated carbocycles. The van der Waals surface area contributed by atoms with Crippen LogP contribution in [-0.2, 0) is 20.7 Å². The van der Waals surface area contributed by atoms with Gasteiger partial charge in [-0.15, -0.1) is 0 Å². The molecular formula is C24H36N2O4. The number of carbonyl (C=O) groups excluding carboxylic acids is 2. The molecule has 2 atom stereocenters. The van der Waals surface area contributed by atoms with Crippen LogP contribution in [0.5, 0.6) is 5.75 Å². The van der Waals surface area contributed by atoms with Gasteiger partial charge in [-0.25, -0.2) is 0 Å². The molecule has 166 valence electrons. The second kappa shape index (κ2) is 9.82. The first-order valence-corrected chi connectivity index (χ1v) is 11.2. The number of nitrogens with zero attached hydrogens (tertiary/aromatic N) is 2. The largest absolute Gasteiger partial charge is 0.507 e. The van der Waals surface area contributed by atoms with Gasteiger partial charge >= 0.3 is 5.97 Å². The van der Waals surface area contributed by atoms with Gasteiger partial charge < -0.3 is 14.7 Å². The van der Waals surface area contributed by atoms with Crippen molar-refractivity contribution in [1.82, 2.24) is 9.80 Å². The van der Waals surface area contributed by atoms with Crippen molar-refractivity contribution < 1.29 is 19.4 Å². The first-order valence-electron chi connectivity index (χ1n) is 11.2. The highest BCUT2D eigenvalue weighted by Crippen LogP contribution is 2.28. The van der Waals surface area contributed by atoms with Gasteiger partial charge in [-0.05, 0) is 69.2 Å². The molecule has 2 aliphatic rings. The second-order valence-electron chi connectivity index (χ2n) is 9.01. The zero-order valence-electron chi connectivity index (χ0n) is 18.8. The van der Waals surface area contributed by atoms with Crippen molar-refractivity contribution in [1.29, 1.82) is 0 Å². The van der Waals surface area contributed by atoms with Gasteiger partial charge in [-0.1, -0.05) is 25.5 Å². The molecule has 2 heterocycles. The third-order valence-corrected chi connectivity index (χ3v) is 6.78. The van der Waals surface area contributed by atoms with Crippen molar-refractivity contribution in [3.05, 3.63) is 28.8 Å². The lowest BCUT2D eigenvalue weighted by Gasteiger charge is -2.43. The van der Waals surface area contributed by atoms with Crippen LogP contribution in [0.1, 0.15) is 55.7 Å². The Morgan fingerprint density at radius 2 is 1.73 bits per heavy atom. The van der Waals surface area contributed by atoms with Gasteiger partial charge in [0.25, 0.3) is 0 Å². The third-order valence-electron chi connectivity index (χ3n) is 6.78. The van der Waals surface area contributed by atoms with Crippen LogP contribution in [0, 0.1) is 19.8 Å². The summed E-state index contributed by atoms with van der Waals surface area (Å²) in [5.41, 5.74) is 2.80. The Kier molecular flexibility index (Phi) is 7.40. The molecule has 0 unspecified atom stereocenters. The average Bonchev–Trinajstić information content (AvgIpc) is 2.76. The Bertz CT molecular complexity index is 747. The van der Waals surface area contributed by atoms with Gasteiger partial charge in [0.1, 0.15) is 11.8 Å². The lowest BCUT2D eigenvalue weighted by atomic mass is 9.93. The molecule has 2 saturated heterocycles. The topological polar surface area (TPSA) is 70.1 Å². The van der Waals surface area contributed by atoms with Gasteiger partial charge in [-0.2, -0.15) is 0 Å². The zero-order chi connectivity index (χ0) is 21.8. The summed E-state index contributed by atoms with van der Waals surface area (Å²) < 4.78 is 5.02. The Morgan fingerprint density at radius 1 is 1.10 bits per heavy atom. The maximum Gasteiger partial charge on any atom is 0.323 e. The van der Waals surface area contributed by atoms with E-state index in [2.05, 4.69) is 4.90 Å². The Labute approximate surface area is 180 Å². The highest BCUT2D eigenvalue weighted by atomic mass is 16.5. The van der Waals surface area contributed by atoms with E-state index in [0.717, 1.165) is 68.4 Å². The Balaban J connectivity index is 1.56. The van der Waals surface area contributed by atoms with Crippen LogP contribution in [0.4, 0.5) is 0 Å². The second-order valence-corrected chi connectivity index (χ2v) is 9.01. The van der Waals surface area contributed by atoms with Gasteiger partial charge in [0.05, 0.1) is 7.11 Å². The minimum absolute atomic E-state index is 0.0947. The Hall–Kier alpha value is -2.08. The number of rotatable bonds is 5. The summed E-state index contributed by atoms with van der Waals surface area (Å²) in [5.74, 6) is 0.312. The van der Waals surface area contributed by atoms with E-state index in [0.29, 0.717) is 18.2 Å². The molecule has 0 aromatic heterocycles. The third kappa shape index (κ3) is 4.97. The van der Waals surface area contributed by atoms with Crippen molar-refractivity contribution in [3.8, 4) is 5.75 Å². The molecule has 6 nitrogen and oxygen atoms in total. The number of likely N-dealkylation sites (tertiary alicyclic amines) is 2. The van der Waals surface area contributed by atoms with Gasteiger partial charge in [-0.3, -0.25) is 14.5 Å². The highest BCUT2D eigenvalue weighted by Gasteiger charge is 2.36. The summed E-state index contributed by atoms with van der Waals surface area (Å²) in [5, 5.41) is 9.97. The van der Waals surface area contributed by atoms with Crippen molar-refractivity contribution in [2.24, 2.45) is 5.92 Å². The van der Waals surface area contributed by atoms with Crippen LogP contribution in [0.2, 0.25) is 0 Å². The number of amides is 1. The predicted octanol–water partition coefficient (Wildman–Crippen LogP) is 3.21. The molecule has 30 heavy (non-hydrogen) atoms. The van der Waals surface area contributed by atoms with E-state index in [-0.39, 0.29) is 23.8 Å². The number of hydrogen-bond acceptors (Lipinski definition) is 5. The Morgan fingerprint density at radius 3 is 2.33 bits per heavy atom. The molecule has 0 aliphatic carbocycles. The maximum absolute atomic E-state index is 13.0. The molecule has 0 spiro atoms. The molecule has 2 fully saturated rings. The minimum atomic E-state index is -0.129. The van der Waals surface area contributed by atoms with Crippen LogP contribution in [-0.4, -0.2) is 65.6 Å². The number of aromatic hydroxyl groups is 1. The van der Waals surface area contributed by atoms with Crippen LogP contribution in [0.3, 0.4) is 0 Å². The van der Waals surface area contributed by atoms with Crippen LogP contribution >= 0.6 is 0 Å². The van der Waals surface area contributed by atoms with E-state index in [4.69, 9.17) is 4.74 Å². The first kappa shape index (κ1) is 22.6. The number of phenols is 1. The molecule has 1 N–H and O–H groups in total. The molecule has 0 bridgehead atoms. The van der Waals surface area contributed by atoms with Gasteiger partial charge in [0.15, 0.2) is 0 Å². The molecule has 6 heteroatoms. The maximum atomic E-state index is 13.0. The first-order chi connectivity index (χ1) is 14.3. The molecule has 1 amide bonds. The fraction of sp³-hybridized carbons (Fsp3) is 0.667. The van der Waals surface area contributed by atoms with Gasteiger partial charge in [0.2, 0.25) is 5.91 Å². The SMILES string of the molecule is COC(=O)[C@@H]1CCCCN1C1CCN(C(=O)[C@H](C)Cc2cc(C)c(O)c(C)c2)CC1. The molecule has 2 aliphatic heterocycles. The number of benzene rings is 1. The number of aryl methyl sites for hydroxylation is 2. The van der Waals surface area contributed by atoms with E-state index in [9.17, 15) is 14.7 Å². The summed E-state index contributed by atoms with van der Waals surface area (Å²) >= 11 is 0. The fourth-order valence-corrected chi connectivity index (χ4v) is 5.11. The van der Waals surface area contributed by atoms with E-state index in [1.807, 2.05) is 37.8 Å². The molecule has 3 rings (SSSR count). The van der Waals surface area contributed by atoms with Crippen molar-refractivity contribution in [2.45, 2.75) is 71.4 Å². The highest BCUT2D eigenvalue weighted by molar-refractivity contribution is 5.79. The summed E-state index contributed by atoms with van der Waals surface area (Å²) in [6, 6.07) is 4.16. The average molecular weight is 417 g/mol. The molecule has 1 aromatic carbocycles. The molecular weight excluding hydrogens is 380 g/mol. The zero-order valence-corrected chi connectivity index (χ0v) is 18.8. The van der Waals surface area contributed by atoms with Crippen molar-refractivity contribution in [2.75, 3.05) is 26.7 Å².